The van der Waals surface area contributed by atoms with Crippen LogP contribution in [-0.2, 0) is 6.42 Å². The Balaban J connectivity index is 1.79. The number of amides is 2. The molecule has 0 radical (unpaired) electrons. The second kappa shape index (κ2) is 8.48. The van der Waals surface area contributed by atoms with Gasteiger partial charge in [0, 0.05) is 23.8 Å². The molecule has 3 rings (SSSR count). The lowest BCUT2D eigenvalue weighted by Gasteiger charge is -2.13. The van der Waals surface area contributed by atoms with Crippen LogP contribution in [0.1, 0.15) is 44.3 Å². The molecule has 2 amide bonds. The first-order chi connectivity index (χ1) is 13.5. The number of aryl methyl sites for hydroxylation is 3. The Morgan fingerprint density at radius 1 is 0.893 bits per heavy atom. The maximum Gasteiger partial charge on any atom is 0.257 e. The molecule has 0 aliphatic heterocycles. The fraction of sp³-hybridized carbons (Fsp3) is 0.174. The second-order valence-electron chi connectivity index (χ2n) is 6.70. The summed E-state index contributed by atoms with van der Waals surface area (Å²) >= 11 is 0. The third kappa shape index (κ3) is 4.43. The Labute approximate surface area is 164 Å². The predicted molar refractivity (Wildman–Crippen MR) is 112 cm³/mol. The average molecular weight is 373 g/mol. The Bertz CT molecular complexity index is 1030. The fourth-order valence-electron chi connectivity index (χ4n) is 3.00. The van der Waals surface area contributed by atoms with E-state index < -0.39 is 0 Å². The summed E-state index contributed by atoms with van der Waals surface area (Å²) in [5.74, 6) is -0.598. The van der Waals surface area contributed by atoms with E-state index in [1.807, 2.05) is 63.2 Å². The van der Waals surface area contributed by atoms with E-state index in [2.05, 4.69) is 15.6 Å². The van der Waals surface area contributed by atoms with Crippen LogP contribution in [0.5, 0.6) is 0 Å². The number of nitrogens with one attached hydrogen (secondary N) is 2. The summed E-state index contributed by atoms with van der Waals surface area (Å²) in [6.07, 6.45) is 3.73. The third-order valence-corrected chi connectivity index (χ3v) is 4.52. The van der Waals surface area contributed by atoms with Crippen LogP contribution in [0.25, 0.3) is 0 Å². The predicted octanol–water partition coefficient (Wildman–Crippen LogP) is 4.77. The summed E-state index contributed by atoms with van der Waals surface area (Å²) in [6.45, 7) is 5.96. The van der Waals surface area contributed by atoms with Crippen molar-refractivity contribution in [3.05, 3.63) is 88.7 Å². The van der Waals surface area contributed by atoms with Gasteiger partial charge in [-0.2, -0.15) is 0 Å². The van der Waals surface area contributed by atoms with Crippen molar-refractivity contribution >= 4 is 23.2 Å². The van der Waals surface area contributed by atoms with Gasteiger partial charge in [-0.25, -0.2) is 0 Å². The molecule has 0 aliphatic rings. The van der Waals surface area contributed by atoms with E-state index in [9.17, 15) is 9.59 Å². The number of nitrogens with zero attached hydrogens (tertiary/aromatic N) is 1. The Hall–Kier alpha value is -3.47. The topological polar surface area (TPSA) is 71.1 Å². The number of hydrogen-bond donors (Lipinski definition) is 2. The van der Waals surface area contributed by atoms with Crippen LogP contribution >= 0.6 is 0 Å². The van der Waals surface area contributed by atoms with Gasteiger partial charge in [0.1, 0.15) is 0 Å². The first-order valence-corrected chi connectivity index (χ1v) is 9.21. The lowest BCUT2D eigenvalue weighted by Crippen LogP contribution is -2.17. The Morgan fingerprint density at radius 3 is 2.25 bits per heavy atom. The minimum absolute atomic E-state index is 0.290. The SMILES string of the molecule is CCc1cccc(C)c1NC(=O)c1cncc(C(=O)Nc2cccc(C)c2)c1. The van der Waals surface area contributed by atoms with Gasteiger partial charge in [-0.1, -0.05) is 37.3 Å². The van der Waals surface area contributed by atoms with E-state index >= 15 is 0 Å². The van der Waals surface area contributed by atoms with Crippen molar-refractivity contribution in [2.45, 2.75) is 27.2 Å². The van der Waals surface area contributed by atoms with E-state index in [-0.39, 0.29) is 11.8 Å². The summed E-state index contributed by atoms with van der Waals surface area (Å²) in [5, 5.41) is 5.79. The molecule has 0 saturated heterocycles. The lowest BCUT2D eigenvalue weighted by atomic mass is 10.1. The van der Waals surface area contributed by atoms with Gasteiger partial charge in [-0.3, -0.25) is 14.6 Å². The van der Waals surface area contributed by atoms with Crippen molar-refractivity contribution in [1.82, 2.24) is 4.98 Å². The number of rotatable bonds is 5. The van der Waals surface area contributed by atoms with Crippen molar-refractivity contribution in [3.8, 4) is 0 Å². The van der Waals surface area contributed by atoms with Gasteiger partial charge in [-0.15, -0.1) is 0 Å². The fourth-order valence-corrected chi connectivity index (χ4v) is 3.00. The number of aromatic nitrogens is 1. The molecule has 0 spiro atoms. The largest absolute Gasteiger partial charge is 0.322 e. The quantitative estimate of drug-likeness (QED) is 0.677. The number of carbonyl (C=O) groups is 2. The molecule has 0 atom stereocenters. The zero-order valence-electron chi connectivity index (χ0n) is 16.2. The van der Waals surface area contributed by atoms with Gasteiger partial charge >= 0.3 is 0 Å². The molecule has 2 N–H and O–H groups in total. The maximum absolute atomic E-state index is 12.7. The Kier molecular flexibility index (Phi) is 5.84. The van der Waals surface area contributed by atoms with Gasteiger partial charge in [-0.05, 0) is 55.2 Å². The molecule has 5 nitrogen and oxygen atoms in total. The van der Waals surface area contributed by atoms with Crippen molar-refractivity contribution in [3.63, 3.8) is 0 Å². The number of pyridine rings is 1. The van der Waals surface area contributed by atoms with Gasteiger partial charge in [0.2, 0.25) is 0 Å². The molecule has 2 aromatic carbocycles. The molecule has 28 heavy (non-hydrogen) atoms. The van der Waals surface area contributed by atoms with Crippen molar-refractivity contribution < 1.29 is 9.59 Å². The van der Waals surface area contributed by atoms with Crippen LogP contribution in [0.15, 0.2) is 60.9 Å². The van der Waals surface area contributed by atoms with Crippen molar-refractivity contribution in [2.24, 2.45) is 0 Å². The molecule has 0 fully saturated rings. The van der Waals surface area contributed by atoms with Crippen LogP contribution in [0.3, 0.4) is 0 Å². The van der Waals surface area contributed by atoms with E-state index in [1.54, 1.807) is 6.07 Å². The highest BCUT2D eigenvalue weighted by atomic mass is 16.2. The summed E-state index contributed by atoms with van der Waals surface area (Å²) in [6, 6.07) is 15.0. The highest BCUT2D eigenvalue weighted by Gasteiger charge is 2.14. The minimum atomic E-state index is -0.308. The van der Waals surface area contributed by atoms with Crippen molar-refractivity contribution in [1.29, 1.82) is 0 Å². The first-order valence-electron chi connectivity index (χ1n) is 9.21. The number of para-hydroxylation sites is 1. The highest BCUT2D eigenvalue weighted by Crippen LogP contribution is 2.22. The molecule has 142 valence electrons. The smallest absolute Gasteiger partial charge is 0.257 e. The molecule has 0 aliphatic carbocycles. The minimum Gasteiger partial charge on any atom is -0.322 e. The molecular formula is C23H23N3O2. The average Bonchev–Trinajstić information content (AvgIpc) is 2.69. The summed E-state index contributed by atoms with van der Waals surface area (Å²) in [5.41, 5.74) is 5.28. The molecule has 0 bridgehead atoms. The number of benzene rings is 2. The van der Waals surface area contributed by atoms with Gasteiger partial charge in [0.15, 0.2) is 0 Å². The van der Waals surface area contributed by atoms with E-state index in [1.165, 1.54) is 12.4 Å². The normalized spacial score (nSPS) is 10.4. The molecule has 3 aromatic rings. The number of anilines is 2. The Morgan fingerprint density at radius 2 is 1.57 bits per heavy atom. The third-order valence-electron chi connectivity index (χ3n) is 4.52. The van der Waals surface area contributed by atoms with Gasteiger partial charge < -0.3 is 10.6 Å². The molecule has 0 saturated carbocycles. The van der Waals surface area contributed by atoms with Gasteiger partial charge in [0.25, 0.3) is 11.8 Å². The zero-order chi connectivity index (χ0) is 20.1. The van der Waals surface area contributed by atoms with Crippen LogP contribution in [0.2, 0.25) is 0 Å². The lowest BCUT2D eigenvalue weighted by molar-refractivity contribution is 0.102. The van der Waals surface area contributed by atoms with E-state index in [0.717, 1.165) is 28.8 Å². The maximum atomic E-state index is 12.7. The molecule has 0 unspecified atom stereocenters. The zero-order valence-corrected chi connectivity index (χ0v) is 16.2. The monoisotopic (exact) mass is 373 g/mol. The van der Waals surface area contributed by atoms with E-state index in [4.69, 9.17) is 0 Å². The van der Waals surface area contributed by atoms with Crippen molar-refractivity contribution in [2.75, 3.05) is 10.6 Å². The number of carbonyl (C=O) groups excluding carboxylic acids is 2. The summed E-state index contributed by atoms with van der Waals surface area (Å²) < 4.78 is 0. The van der Waals surface area contributed by atoms with Crippen LogP contribution in [0.4, 0.5) is 11.4 Å². The molecular weight excluding hydrogens is 350 g/mol. The summed E-state index contributed by atoms with van der Waals surface area (Å²) in [7, 11) is 0. The van der Waals surface area contributed by atoms with Crippen LogP contribution in [0, 0.1) is 13.8 Å². The number of hydrogen-bond acceptors (Lipinski definition) is 3. The molecule has 1 heterocycles. The summed E-state index contributed by atoms with van der Waals surface area (Å²) in [4.78, 5) is 29.3. The van der Waals surface area contributed by atoms with Gasteiger partial charge in [0.05, 0.1) is 11.1 Å². The van der Waals surface area contributed by atoms with Crippen LogP contribution in [-0.4, -0.2) is 16.8 Å². The van der Waals surface area contributed by atoms with E-state index in [0.29, 0.717) is 16.8 Å². The molecule has 5 heteroatoms. The highest BCUT2D eigenvalue weighted by molar-refractivity contribution is 6.08. The molecule has 1 aromatic heterocycles. The first kappa shape index (κ1) is 19.3. The van der Waals surface area contributed by atoms with Crippen LogP contribution < -0.4 is 10.6 Å². The second-order valence-corrected chi connectivity index (χ2v) is 6.70. The standard InChI is InChI=1S/C23H23N3O2/c1-4-17-9-6-8-16(3)21(17)26-23(28)19-12-18(13-24-14-19)22(27)25-20-10-5-7-15(2)11-20/h5-14H,4H2,1-3H3,(H,25,27)(H,26,28).